The number of aryl methyl sites for hydroxylation is 1. The lowest BCUT2D eigenvalue weighted by molar-refractivity contribution is 0.0762. The maximum atomic E-state index is 12.9. The zero-order valence-electron chi connectivity index (χ0n) is 16.1. The van der Waals surface area contributed by atoms with Crippen molar-refractivity contribution in [3.05, 3.63) is 59.9 Å². The van der Waals surface area contributed by atoms with Gasteiger partial charge < -0.3 is 14.2 Å². The third kappa shape index (κ3) is 3.74. The number of carbonyl (C=O) groups is 1. The minimum absolute atomic E-state index is 0.106. The second kappa shape index (κ2) is 7.53. The van der Waals surface area contributed by atoms with E-state index in [1.54, 1.807) is 0 Å². The third-order valence-electron chi connectivity index (χ3n) is 5.36. The van der Waals surface area contributed by atoms with Crippen molar-refractivity contribution in [2.45, 2.75) is 19.8 Å². The average molecular weight is 362 g/mol. The zero-order chi connectivity index (χ0) is 18.8. The summed E-state index contributed by atoms with van der Waals surface area (Å²) in [5.41, 5.74) is 4.92. The van der Waals surface area contributed by atoms with E-state index < -0.39 is 0 Å². The normalized spacial score (nSPS) is 15.9. The van der Waals surface area contributed by atoms with Gasteiger partial charge in [-0.2, -0.15) is 0 Å². The molecule has 0 atom stereocenters. The minimum atomic E-state index is 0.106. The average Bonchev–Trinajstić information content (AvgIpc) is 3.01. The van der Waals surface area contributed by atoms with Crippen LogP contribution in [0.15, 0.2) is 48.8 Å². The Morgan fingerprint density at radius 1 is 1.00 bits per heavy atom. The Hall–Kier alpha value is -2.66. The van der Waals surface area contributed by atoms with Crippen LogP contribution in [0.25, 0.3) is 16.9 Å². The molecule has 0 spiro atoms. The number of carbonyl (C=O) groups excluding carboxylic acids is 1. The predicted octanol–water partition coefficient (Wildman–Crippen LogP) is 3.34. The summed E-state index contributed by atoms with van der Waals surface area (Å²) in [6.07, 6.45) is 5.96. The molecule has 1 aromatic carbocycles. The lowest BCUT2D eigenvalue weighted by Gasteiger charge is -2.20. The van der Waals surface area contributed by atoms with E-state index in [-0.39, 0.29) is 5.91 Å². The van der Waals surface area contributed by atoms with E-state index in [2.05, 4.69) is 43.1 Å². The second-order valence-corrected chi connectivity index (χ2v) is 7.31. The summed E-state index contributed by atoms with van der Waals surface area (Å²) in [5, 5.41) is 0. The first kappa shape index (κ1) is 17.7. The molecule has 0 saturated carbocycles. The van der Waals surface area contributed by atoms with Gasteiger partial charge in [0.1, 0.15) is 5.65 Å². The van der Waals surface area contributed by atoms with Crippen LogP contribution in [0.4, 0.5) is 0 Å². The van der Waals surface area contributed by atoms with Gasteiger partial charge in [-0.1, -0.05) is 31.2 Å². The van der Waals surface area contributed by atoms with Crippen LogP contribution in [0.2, 0.25) is 0 Å². The van der Waals surface area contributed by atoms with E-state index >= 15 is 0 Å². The van der Waals surface area contributed by atoms with E-state index in [4.69, 9.17) is 4.98 Å². The first-order valence-electron chi connectivity index (χ1n) is 9.70. The first-order chi connectivity index (χ1) is 13.1. The van der Waals surface area contributed by atoms with Crippen LogP contribution in [0.5, 0.6) is 0 Å². The molecule has 1 amide bonds. The smallest absolute Gasteiger partial charge is 0.255 e. The Kier molecular flexibility index (Phi) is 4.94. The van der Waals surface area contributed by atoms with E-state index in [9.17, 15) is 4.79 Å². The van der Waals surface area contributed by atoms with Crippen LogP contribution in [-0.2, 0) is 6.42 Å². The fourth-order valence-electron chi connectivity index (χ4n) is 3.60. The molecule has 0 N–H and O–H groups in total. The molecule has 0 bridgehead atoms. The summed E-state index contributed by atoms with van der Waals surface area (Å²) >= 11 is 0. The van der Waals surface area contributed by atoms with Gasteiger partial charge in [-0.25, -0.2) is 4.98 Å². The van der Waals surface area contributed by atoms with Gasteiger partial charge in [0.05, 0.1) is 11.3 Å². The molecular formula is C22H26N4O. The fraction of sp³-hybridized carbons (Fsp3) is 0.364. The Labute approximate surface area is 160 Å². The van der Waals surface area contributed by atoms with Crippen molar-refractivity contribution in [1.29, 1.82) is 0 Å². The van der Waals surface area contributed by atoms with Gasteiger partial charge in [0.25, 0.3) is 5.91 Å². The van der Waals surface area contributed by atoms with E-state index in [0.29, 0.717) is 0 Å². The maximum absolute atomic E-state index is 12.9. The van der Waals surface area contributed by atoms with Crippen LogP contribution in [-0.4, -0.2) is 58.3 Å². The Bertz CT molecular complexity index is 945. The van der Waals surface area contributed by atoms with E-state index in [1.807, 2.05) is 33.8 Å². The minimum Gasteiger partial charge on any atom is -0.337 e. The molecule has 5 nitrogen and oxygen atoms in total. The number of imidazole rings is 1. The summed E-state index contributed by atoms with van der Waals surface area (Å²) in [5.74, 6) is 0.106. The summed E-state index contributed by atoms with van der Waals surface area (Å²) in [7, 11) is 2.11. The highest BCUT2D eigenvalue weighted by Gasteiger charge is 2.19. The molecule has 4 rings (SSSR count). The van der Waals surface area contributed by atoms with Crippen LogP contribution >= 0.6 is 0 Å². The quantitative estimate of drug-likeness (QED) is 0.717. The van der Waals surface area contributed by atoms with Gasteiger partial charge in [-0.05, 0) is 44.1 Å². The van der Waals surface area contributed by atoms with Gasteiger partial charge >= 0.3 is 0 Å². The molecule has 3 aromatic rings. The third-order valence-corrected chi connectivity index (χ3v) is 5.36. The second-order valence-electron chi connectivity index (χ2n) is 7.31. The molecule has 1 aliphatic rings. The van der Waals surface area contributed by atoms with Crippen LogP contribution < -0.4 is 0 Å². The fourth-order valence-corrected chi connectivity index (χ4v) is 3.60. The van der Waals surface area contributed by atoms with Crippen LogP contribution in [0, 0.1) is 0 Å². The Morgan fingerprint density at radius 2 is 1.81 bits per heavy atom. The molecule has 0 aliphatic carbocycles. The van der Waals surface area contributed by atoms with Gasteiger partial charge in [0, 0.05) is 37.6 Å². The molecule has 0 unspecified atom stereocenters. The monoisotopic (exact) mass is 362 g/mol. The van der Waals surface area contributed by atoms with Crippen molar-refractivity contribution >= 4 is 11.6 Å². The van der Waals surface area contributed by atoms with Gasteiger partial charge in [-0.15, -0.1) is 0 Å². The lowest BCUT2D eigenvalue weighted by atomic mass is 10.1. The van der Waals surface area contributed by atoms with Gasteiger partial charge in [0.2, 0.25) is 0 Å². The number of fused-ring (bicyclic) bond motifs is 1. The zero-order valence-corrected chi connectivity index (χ0v) is 16.1. The molecule has 5 heteroatoms. The van der Waals surface area contributed by atoms with Crippen molar-refractivity contribution in [1.82, 2.24) is 19.2 Å². The molecule has 1 fully saturated rings. The first-order valence-corrected chi connectivity index (χ1v) is 9.70. The molecule has 27 heavy (non-hydrogen) atoms. The number of amides is 1. The lowest BCUT2D eigenvalue weighted by Crippen LogP contribution is -2.34. The number of nitrogens with zero attached hydrogens (tertiary/aromatic N) is 4. The molecule has 1 aliphatic heterocycles. The number of hydrogen-bond acceptors (Lipinski definition) is 3. The van der Waals surface area contributed by atoms with Crippen molar-refractivity contribution < 1.29 is 4.79 Å². The van der Waals surface area contributed by atoms with E-state index in [0.717, 1.165) is 61.5 Å². The topological polar surface area (TPSA) is 40.9 Å². The highest BCUT2D eigenvalue weighted by Crippen LogP contribution is 2.21. The summed E-state index contributed by atoms with van der Waals surface area (Å²) in [6.45, 7) is 5.73. The predicted molar refractivity (Wildman–Crippen MR) is 108 cm³/mol. The van der Waals surface area contributed by atoms with Gasteiger partial charge in [-0.3, -0.25) is 4.79 Å². The van der Waals surface area contributed by atoms with Crippen molar-refractivity contribution in [2.75, 3.05) is 33.2 Å². The molecule has 3 heterocycles. The Morgan fingerprint density at radius 3 is 2.59 bits per heavy atom. The standard InChI is InChI=1S/C22H26N4O/c1-3-17-5-7-18(8-6-17)20-16-26-15-19(9-10-21(26)23-20)22(27)25-12-4-11-24(2)13-14-25/h5-10,15-16H,3-4,11-14H2,1-2H3. The van der Waals surface area contributed by atoms with Crippen LogP contribution in [0.1, 0.15) is 29.3 Å². The molecule has 140 valence electrons. The summed E-state index contributed by atoms with van der Waals surface area (Å²) < 4.78 is 1.96. The number of rotatable bonds is 3. The molecule has 2 aromatic heterocycles. The molecule has 1 saturated heterocycles. The number of aromatic nitrogens is 2. The molecule has 0 radical (unpaired) electrons. The molecular weight excluding hydrogens is 336 g/mol. The number of hydrogen-bond donors (Lipinski definition) is 0. The van der Waals surface area contributed by atoms with E-state index in [1.165, 1.54) is 5.56 Å². The van der Waals surface area contributed by atoms with Crippen molar-refractivity contribution in [3.63, 3.8) is 0 Å². The largest absolute Gasteiger partial charge is 0.337 e. The highest BCUT2D eigenvalue weighted by atomic mass is 16.2. The SMILES string of the molecule is CCc1ccc(-c2cn3cc(C(=O)N4CCCN(C)CC4)ccc3n2)cc1. The summed E-state index contributed by atoms with van der Waals surface area (Å²) in [6, 6.07) is 12.3. The number of benzene rings is 1. The Balaban J connectivity index is 1.59. The number of likely N-dealkylation sites (N-methyl/N-ethyl adjacent to an activating group) is 1. The van der Waals surface area contributed by atoms with Crippen molar-refractivity contribution in [3.8, 4) is 11.3 Å². The van der Waals surface area contributed by atoms with Crippen LogP contribution in [0.3, 0.4) is 0 Å². The summed E-state index contributed by atoms with van der Waals surface area (Å²) in [4.78, 5) is 21.9. The van der Waals surface area contributed by atoms with Gasteiger partial charge in [0.15, 0.2) is 0 Å². The number of pyridine rings is 1. The maximum Gasteiger partial charge on any atom is 0.255 e. The highest BCUT2D eigenvalue weighted by molar-refractivity contribution is 5.94. The van der Waals surface area contributed by atoms with Crippen molar-refractivity contribution in [2.24, 2.45) is 0 Å².